The van der Waals surface area contributed by atoms with Gasteiger partial charge in [0.1, 0.15) is 18.3 Å². The van der Waals surface area contributed by atoms with Crippen LogP contribution in [0.1, 0.15) is 6.92 Å². The second-order valence-corrected chi connectivity index (χ2v) is 3.55. The van der Waals surface area contributed by atoms with Gasteiger partial charge in [0.05, 0.1) is 19.3 Å². The topological polar surface area (TPSA) is 88.0 Å². The van der Waals surface area contributed by atoms with Gasteiger partial charge in [-0.05, 0) is 0 Å². The van der Waals surface area contributed by atoms with Gasteiger partial charge in [0, 0.05) is 14.0 Å². The molecule has 0 aliphatic carbocycles. The molecule has 0 spiro atoms. The van der Waals surface area contributed by atoms with E-state index in [1.165, 1.54) is 14.0 Å². The van der Waals surface area contributed by atoms with Gasteiger partial charge in [-0.1, -0.05) is 0 Å². The van der Waals surface area contributed by atoms with Crippen LogP contribution in [-0.4, -0.2) is 60.8 Å². The molecule has 88 valence electrons. The molecule has 0 aromatic heterocycles. The summed E-state index contributed by atoms with van der Waals surface area (Å²) in [6.07, 6.45) is -2.04. The second-order valence-electron chi connectivity index (χ2n) is 3.55. The van der Waals surface area contributed by atoms with E-state index in [0.717, 1.165) is 0 Å². The maximum absolute atomic E-state index is 10.8. The van der Waals surface area contributed by atoms with Crippen LogP contribution in [0.2, 0.25) is 0 Å². The zero-order valence-corrected chi connectivity index (χ0v) is 8.84. The minimum Gasteiger partial charge on any atom is -0.394 e. The lowest BCUT2D eigenvalue weighted by Crippen LogP contribution is -2.60. The first-order chi connectivity index (χ1) is 7.10. The van der Waals surface area contributed by atoms with Gasteiger partial charge < -0.3 is 25.0 Å². The Hall–Kier alpha value is -0.690. The van der Waals surface area contributed by atoms with Gasteiger partial charge in [-0.2, -0.15) is 0 Å². The third-order valence-corrected chi connectivity index (χ3v) is 2.45. The van der Waals surface area contributed by atoms with Crippen molar-refractivity contribution in [2.24, 2.45) is 0 Å². The van der Waals surface area contributed by atoms with Crippen LogP contribution in [0.15, 0.2) is 0 Å². The number of carbonyl (C=O) groups is 1. The molecule has 15 heavy (non-hydrogen) atoms. The molecule has 1 amide bonds. The molecule has 3 N–H and O–H groups in total. The van der Waals surface area contributed by atoms with Crippen LogP contribution in [0.5, 0.6) is 0 Å². The average molecular weight is 219 g/mol. The lowest BCUT2D eigenvalue weighted by Gasteiger charge is -2.38. The molecule has 0 saturated carbocycles. The Labute approximate surface area is 88.2 Å². The Morgan fingerprint density at radius 2 is 2.33 bits per heavy atom. The van der Waals surface area contributed by atoms with Crippen LogP contribution in [0.25, 0.3) is 0 Å². The van der Waals surface area contributed by atoms with E-state index >= 15 is 0 Å². The number of hydrogen-bond donors (Lipinski definition) is 3. The highest BCUT2D eigenvalue weighted by Crippen LogP contribution is 2.17. The summed E-state index contributed by atoms with van der Waals surface area (Å²) in [5.41, 5.74) is 0. The Morgan fingerprint density at radius 1 is 1.67 bits per heavy atom. The molecule has 4 atom stereocenters. The molecular formula is C9H17NO5. The predicted molar refractivity (Wildman–Crippen MR) is 51.2 cm³/mol. The molecule has 1 aliphatic rings. The number of methoxy groups -OCH3 is 1. The number of aliphatic hydroxyl groups is 2. The number of hydrogen-bond acceptors (Lipinski definition) is 5. The zero-order valence-electron chi connectivity index (χ0n) is 8.84. The van der Waals surface area contributed by atoms with Crippen molar-refractivity contribution in [1.29, 1.82) is 0 Å². The third kappa shape index (κ3) is 2.88. The highest BCUT2D eigenvalue weighted by atomic mass is 16.6. The Balaban J connectivity index is 2.62. The summed E-state index contributed by atoms with van der Waals surface area (Å²) in [7, 11) is 1.43. The van der Waals surface area contributed by atoms with Crippen LogP contribution in [0, 0.1) is 0 Å². The van der Waals surface area contributed by atoms with Gasteiger partial charge >= 0.3 is 0 Å². The van der Waals surface area contributed by atoms with Crippen molar-refractivity contribution in [3.63, 3.8) is 0 Å². The fraction of sp³-hybridized carbons (Fsp3) is 0.889. The summed E-state index contributed by atoms with van der Waals surface area (Å²) in [5.74, 6) is -0.236. The average Bonchev–Trinajstić information content (AvgIpc) is 2.20. The molecule has 6 nitrogen and oxygen atoms in total. The number of amides is 1. The Morgan fingerprint density at radius 3 is 2.80 bits per heavy atom. The number of rotatable bonds is 3. The number of aliphatic hydroxyl groups excluding tert-OH is 2. The normalized spacial score (nSPS) is 36.3. The van der Waals surface area contributed by atoms with E-state index in [1.807, 2.05) is 0 Å². The molecule has 0 radical (unpaired) electrons. The molecule has 1 rings (SSSR count). The van der Waals surface area contributed by atoms with E-state index in [-0.39, 0.29) is 19.1 Å². The van der Waals surface area contributed by atoms with Crippen molar-refractivity contribution in [1.82, 2.24) is 5.32 Å². The van der Waals surface area contributed by atoms with Crippen LogP contribution < -0.4 is 5.32 Å². The zero-order chi connectivity index (χ0) is 11.4. The van der Waals surface area contributed by atoms with Gasteiger partial charge in [-0.3, -0.25) is 4.79 Å². The van der Waals surface area contributed by atoms with E-state index in [4.69, 9.17) is 14.6 Å². The van der Waals surface area contributed by atoms with Gasteiger partial charge in [-0.25, -0.2) is 0 Å². The first-order valence-corrected chi connectivity index (χ1v) is 4.80. The maximum Gasteiger partial charge on any atom is 0.217 e. The molecule has 1 saturated heterocycles. The minimum absolute atomic E-state index is 0.172. The lowest BCUT2D eigenvalue weighted by atomic mass is 9.98. The summed E-state index contributed by atoms with van der Waals surface area (Å²) < 4.78 is 10.3. The fourth-order valence-electron chi connectivity index (χ4n) is 1.71. The summed E-state index contributed by atoms with van der Waals surface area (Å²) >= 11 is 0. The van der Waals surface area contributed by atoms with E-state index in [9.17, 15) is 9.90 Å². The van der Waals surface area contributed by atoms with Gasteiger partial charge in [-0.15, -0.1) is 0 Å². The van der Waals surface area contributed by atoms with Crippen molar-refractivity contribution < 1.29 is 24.5 Å². The van der Waals surface area contributed by atoms with E-state index < -0.39 is 24.4 Å². The molecule has 0 bridgehead atoms. The molecule has 1 aliphatic heterocycles. The van der Waals surface area contributed by atoms with Crippen LogP contribution in [-0.2, 0) is 14.3 Å². The number of carbonyl (C=O) groups excluding carboxylic acids is 1. The minimum atomic E-state index is -0.871. The molecule has 0 aromatic carbocycles. The molecule has 2 unspecified atom stereocenters. The Bertz CT molecular complexity index is 223. The molecule has 0 aromatic rings. The van der Waals surface area contributed by atoms with Crippen LogP contribution in [0.3, 0.4) is 0 Å². The predicted octanol–water partition coefficient (Wildman–Crippen LogP) is -1.74. The van der Waals surface area contributed by atoms with E-state index in [2.05, 4.69) is 5.32 Å². The molecule has 6 heteroatoms. The molecular weight excluding hydrogens is 202 g/mol. The quantitative estimate of drug-likeness (QED) is 0.524. The van der Waals surface area contributed by atoms with Crippen molar-refractivity contribution in [3.8, 4) is 0 Å². The van der Waals surface area contributed by atoms with Crippen LogP contribution in [0.4, 0.5) is 0 Å². The van der Waals surface area contributed by atoms with Crippen molar-refractivity contribution in [3.05, 3.63) is 0 Å². The lowest BCUT2D eigenvalue weighted by molar-refractivity contribution is -0.174. The Kier molecular flexibility index (Phi) is 4.46. The van der Waals surface area contributed by atoms with E-state index in [1.54, 1.807) is 0 Å². The van der Waals surface area contributed by atoms with Crippen molar-refractivity contribution in [2.45, 2.75) is 31.3 Å². The summed E-state index contributed by atoms with van der Waals surface area (Å²) in [6, 6.07) is -0.491. The third-order valence-electron chi connectivity index (χ3n) is 2.45. The highest BCUT2D eigenvalue weighted by Gasteiger charge is 2.39. The smallest absolute Gasteiger partial charge is 0.217 e. The van der Waals surface area contributed by atoms with Crippen LogP contribution >= 0.6 is 0 Å². The standard InChI is InChI=1S/C9H17NO5/c1-5(12)10-6-4-15-7(3-11)9(14-2)8(6)13/h6-9,11,13H,3-4H2,1-2H3,(H,10,12)/t6?,7?,8-,9-/m0/s1. The largest absolute Gasteiger partial charge is 0.394 e. The van der Waals surface area contributed by atoms with Gasteiger partial charge in [0.25, 0.3) is 0 Å². The second kappa shape index (κ2) is 5.41. The number of ether oxygens (including phenoxy) is 2. The van der Waals surface area contributed by atoms with E-state index in [0.29, 0.717) is 0 Å². The maximum atomic E-state index is 10.8. The SMILES string of the molecule is CO[C@H]1C(CO)OCC(NC(C)=O)[C@@H]1O. The summed E-state index contributed by atoms with van der Waals surface area (Å²) in [5, 5.41) is 21.4. The number of nitrogens with one attached hydrogen (secondary N) is 1. The fourth-order valence-corrected chi connectivity index (χ4v) is 1.71. The summed E-state index contributed by atoms with van der Waals surface area (Å²) in [6.45, 7) is 1.32. The molecule has 1 fully saturated rings. The highest BCUT2D eigenvalue weighted by molar-refractivity contribution is 5.73. The van der Waals surface area contributed by atoms with Crippen molar-refractivity contribution >= 4 is 5.91 Å². The first-order valence-electron chi connectivity index (χ1n) is 4.80. The molecule has 1 heterocycles. The van der Waals surface area contributed by atoms with Crippen molar-refractivity contribution in [2.75, 3.05) is 20.3 Å². The summed E-state index contributed by atoms with van der Waals surface area (Å²) in [4.78, 5) is 10.8. The monoisotopic (exact) mass is 219 g/mol. The first kappa shape index (κ1) is 12.4. The van der Waals surface area contributed by atoms with Gasteiger partial charge in [0.15, 0.2) is 0 Å². The van der Waals surface area contributed by atoms with Gasteiger partial charge in [0.2, 0.25) is 5.91 Å².